The summed E-state index contributed by atoms with van der Waals surface area (Å²) in [6.45, 7) is 25.7. The van der Waals surface area contributed by atoms with Crippen molar-refractivity contribution in [1.82, 2.24) is 25.3 Å². The molecule has 5 atom stereocenters. The quantitative estimate of drug-likeness (QED) is 0.0325. The first-order chi connectivity index (χ1) is 59.7. The second-order valence-electron chi connectivity index (χ2n) is 32.3. The number of hydrogen-bond donors (Lipinski definition) is 2. The topological polar surface area (TPSA) is 297 Å². The lowest BCUT2D eigenvalue weighted by Gasteiger charge is -2.24. The van der Waals surface area contributed by atoms with Crippen LogP contribution in [0.2, 0.25) is 0 Å². The minimum atomic E-state index is -0.473. The highest BCUT2D eigenvalue weighted by Crippen LogP contribution is 2.21. The van der Waals surface area contributed by atoms with E-state index in [1.807, 2.05) is 44.4 Å². The van der Waals surface area contributed by atoms with Crippen molar-refractivity contribution >= 4 is 119 Å². The van der Waals surface area contributed by atoms with Crippen molar-refractivity contribution in [1.29, 1.82) is 0 Å². The van der Waals surface area contributed by atoms with Crippen molar-refractivity contribution in [3.8, 4) is 0 Å². The molecule has 720 valence electrons. The van der Waals surface area contributed by atoms with Gasteiger partial charge in [-0.2, -0.15) is 47.0 Å². The third-order valence-corrected chi connectivity index (χ3v) is 27.0. The molecule has 0 aliphatic rings. The molecule has 25 nitrogen and oxygen atoms in total. The summed E-state index contributed by atoms with van der Waals surface area (Å²) in [6.07, 6.45) is 36.6. The van der Waals surface area contributed by atoms with E-state index in [1.165, 1.54) is 148 Å². The monoisotopic (exact) mass is 1840 g/mol. The molecular formula is C93H173N5O20S5. The van der Waals surface area contributed by atoms with Crippen LogP contribution < -0.4 is 10.6 Å². The molecule has 0 spiro atoms. The number of esters is 10. The predicted octanol–water partition coefficient (Wildman–Crippen LogP) is 17.2. The van der Waals surface area contributed by atoms with E-state index >= 15 is 0 Å². The van der Waals surface area contributed by atoms with E-state index in [1.54, 1.807) is 58.8 Å². The number of hydrogen-bond acceptors (Lipinski definition) is 30. The van der Waals surface area contributed by atoms with Gasteiger partial charge in [0.05, 0.1) is 61.0 Å². The van der Waals surface area contributed by atoms with E-state index in [0.717, 1.165) is 73.7 Å². The van der Waals surface area contributed by atoms with Crippen molar-refractivity contribution in [3.05, 3.63) is 0 Å². The number of ether oxygens (including phenoxy) is 10. The second kappa shape index (κ2) is 88.9. The minimum absolute atomic E-state index is 0.0183. The third kappa shape index (κ3) is 79.0. The summed E-state index contributed by atoms with van der Waals surface area (Å²) in [5, 5.41) is 6.72. The predicted molar refractivity (Wildman–Crippen MR) is 507 cm³/mol. The van der Waals surface area contributed by atoms with Crippen LogP contribution in [-0.4, -0.2) is 283 Å². The van der Waals surface area contributed by atoms with Gasteiger partial charge in [-0.15, -0.1) is 11.8 Å². The maximum Gasteiger partial charge on any atom is 0.318 e. The molecule has 0 bridgehead atoms. The zero-order chi connectivity index (χ0) is 90.5. The summed E-state index contributed by atoms with van der Waals surface area (Å²) in [4.78, 5) is 136. The van der Waals surface area contributed by atoms with Gasteiger partial charge in [0.15, 0.2) is 0 Å². The number of rotatable bonds is 92. The summed E-state index contributed by atoms with van der Waals surface area (Å²) in [6, 6.07) is 0. The summed E-state index contributed by atoms with van der Waals surface area (Å²) in [5.41, 5.74) is 0. The van der Waals surface area contributed by atoms with Crippen LogP contribution in [0.5, 0.6) is 0 Å². The molecule has 0 saturated heterocycles. The molecule has 0 aliphatic heterocycles. The van der Waals surface area contributed by atoms with Crippen LogP contribution in [0.3, 0.4) is 0 Å². The first-order valence-electron chi connectivity index (χ1n) is 47.8. The number of unbranched alkanes of at least 4 members (excludes halogenated alkanes) is 24. The molecule has 0 fully saturated rings. The summed E-state index contributed by atoms with van der Waals surface area (Å²) in [5.74, 6) is 2.54. The first-order valence-corrected chi connectivity index (χ1v) is 53.5. The lowest BCUT2D eigenvalue weighted by atomic mass is 10.1. The zero-order valence-electron chi connectivity index (χ0n) is 78.5. The van der Waals surface area contributed by atoms with E-state index < -0.39 is 29.8 Å². The Morgan fingerprint density at radius 1 is 0.236 bits per heavy atom. The SMILES string of the molecule is CCCCCCCCSCC(C)C(=O)OCCOC(=O)CCN(CCCNCCCN(CCC(=O)OCCOC(=O)C(C)CSCCCCCCCC)CCC(=O)OCCOC(=O)C(C)SCCCCCCC)CCNCCN(CCC(=O)OCCOC(=O)C(C)CSCCCCCCCC)CCC(=O)OCCOC(=O)C(C)CSCCCCCCCC. The van der Waals surface area contributed by atoms with Gasteiger partial charge in [-0.25, -0.2) is 0 Å². The normalized spacial score (nSPS) is 12.7. The Hall–Kier alpha value is -3.75. The molecular weight excluding hydrogens is 1670 g/mol. The summed E-state index contributed by atoms with van der Waals surface area (Å²) >= 11 is 8.60. The molecule has 0 amide bonds. The highest BCUT2D eigenvalue weighted by Gasteiger charge is 2.23. The van der Waals surface area contributed by atoms with Crippen molar-refractivity contribution in [3.63, 3.8) is 0 Å². The maximum atomic E-state index is 13.3. The average molecular weight is 1840 g/mol. The van der Waals surface area contributed by atoms with Crippen molar-refractivity contribution in [2.75, 3.05) is 203 Å². The molecule has 0 radical (unpaired) electrons. The zero-order valence-corrected chi connectivity index (χ0v) is 82.6. The van der Waals surface area contributed by atoms with E-state index in [9.17, 15) is 47.9 Å². The lowest BCUT2D eigenvalue weighted by Crippen LogP contribution is -2.39. The number of nitrogens with zero attached hydrogens (tertiary/aromatic N) is 3. The molecule has 123 heavy (non-hydrogen) atoms. The fourth-order valence-electron chi connectivity index (χ4n) is 12.7. The fourth-order valence-corrected chi connectivity index (χ4v) is 17.8. The van der Waals surface area contributed by atoms with Gasteiger partial charge < -0.3 is 72.7 Å². The van der Waals surface area contributed by atoms with E-state index in [4.69, 9.17) is 47.4 Å². The van der Waals surface area contributed by atoms with Gasteiger partial charge in [0.1, 0.15) is 66.1 Å². The van der Waals surface area contributed by atoms with Crippen LogP contribution in [0.25, 0.3) is 0 Å². The number of carbonyl (C=O) groups excluding carboxylic acids is 10. The molecule has 0 aliphatic carbocycles. The van der Waals surface area contributed by atoms with Crippen molar-refractivity contribution < 1.29 is 95.3 Å². The van der Waals surface area contributed by atoms with Crippen molar-refractivity contribution in [2.24, 2.45) is 23.7 Å². The Morgan fingerprint density at radius 3 is 0.715 bits per heavy atom. The van der Waals surface area contributed by atoms with Crippen LogP contribution in [0.15, 0.2) is 0 Å². The Balaban J connectivity index is 6.08. The Labute approximate surface area is 766 Å². The molecule has 0 saturated carbocycles. The number of thioether (sulfide) groups is 5. The van der Waals surface area contributed by atoms with Crippen LogP contribution in [0, 0.1) is 23.7 Å². The molecule has 2 N–H and O–H groups in total. The fraction of sp³-hybridized carbons (Fsp3) is 0.892. The van der Waals surface area contributed by atoms with Crippen molar-refractivity contribution in [2.45, 2.75) is 306 Å². The minimum Gasteiger partial charge on any atom is -0.462 e. The largest absolute Gasteiger partial charge is 0.462 e. The molecule has 0 rings (SSSR count). The number of nitrogens with one attached hydrogen (secondary N) is 2. The van der Waals surface area contributed by atoms with Gasteiger partial charge in [-0.3, -0.25) is 47.9 Å². The van der Waals surface area contributed by atoms with Crippen LogP contribution in [0.4, 0.5) is 0 Å². The van der Waals surface area contributed by atoms with Crippen LogP contribution in [-0.2, 0) is 95.3 Å². The van der Waals surface area contributed by atoms with Gasteiger partial charge in [-0.05, 0) is 107 Å². The van der Waals surface area contributed by atoms with E-state index in [-0.39, 0.29) is 170 Å². The van der Waals surface area contributed by atoms with E-state index in [0.29, 0.717) is 101 Å². The summed E-state index contributed by atoms with van der Waals surface area (Å²) in [7, 11) is 0. The van der Waals surface area contributed by atoms with Gasteiger partial charge >= 0.3 is 59.7 Å². The first kappa shape index (κ1) is 119. The van der Waals surface area contributed by atoms with Crippen LogP contribution >= 0.6 is 58.8 Å². The molecule has 0 aromatic rings. The second-order valence-corrected chi connectivity index (χ2v) is 38.4. The highest BCUT2D eigenvalue weighted by molar-refractivity contribution is 8.00. The van der Waals surface area contributed by atoms with Gasteiger partial charge in [0.25, 0.3) is 0 Å². The lowest BCUT2D eigenvalue weighted by molar-refractivity contribution is -0.154. The number of carbonyl (C=O) groups is 10. The smallest absolute Gasteiger partial charge is 0.318 e. The highest BCUT2D eigenvalue weighted by atomic mass is 32.2. The molecule has 0 aromatic heterocycles. The Morgan fingerprint density at radius 2 is 0.447 bits per heavy atom. The van der Waals surface area contributed by atoms with Gasteiger partial charge in [0, 0.05) is 81.9 Å². The molecule has 0 aromatic carbocycles. The molecule has 30 heteroatoms. The van der Waals surface area contributed by atoms with Gasteiger partial charge in [0.2, 0.25) is 0 Å². The third-order valence-electron chi connectivity index (χ3n) is 20.6. The Kier molecular flexibility index (Phi) is 86.2. The standard InChI is InChI=1S/C93H173N5O20S5/c1-11-16-21-26-31-35-70-119-75-79(6)89(104)114-65-60-109-84(99)42-53-96(54-43-85(100)113-64-69-118-93(108)83(10)123-74-39-30-25-20-15-5)51-40-47-94-48-41-52-97(55-44-86(101)110-61-66-115-90(105)80(7)76-120-71-36-32-27-22-17-12-2)58-49-95-50-59-98(56-45-87(102)111-62-67-116-91(106)81(8)77-121-72-37-33-28-23-18-13-3)57-46-88(103)112-63-68-117-92(107)82(9)78-122-73-38-34-29-24-19-14-4/h79-83,94-95H,11-78H2,1-10H3. The molecule has 5 unspecified atom stereocenters. The van der Waals surface area contributed by atoms with E-state index in [2.05, 4.69) is 50.2 Å². The summed E-state index contributed by atoms with van der Waals surface area (Å²) < 4.78 is 54.8. The Bertz CT molecular complexity index is 2540. The average Bonchev–Trinajstić information content (AvgIpc) is 0.969. The molecule has 0 heterocycles. The van der Waals surface area contributed by atoms with Gasteiger partial charge in [-0.1, -0.05) is 216 Å². The maximum absolute atomic E-state index is 13.3. The van der Waals surface area contributed by atoms with Crippen LogP contribution in [0.1, 0.15) is 300 Å².